The molecule has 202 valence electrons. The van der Waals surface area contributed by atoms with Crippen LogP contribution in [0.15, 0.2) is 53.4 Å². The van der Waals surface area contributed by atoms with Crippen molar-refractivity contribution in [3.8, 4) is 5.75 Å². The lowest BCUT2D eigenvalue weighted by Crippen LogP contribution is -2.53. The first-order valence-electron chi connectivity index (χ1n) is 12.6. The number of halogens is 1. The summed E-state index contributed by atoms with van der Waals surface area (Å²) in [7, 11) is -1.02. The molecule has 2 aromatic carbocycles. The number of nitrogens with one attached hydrogen (secondary N) is 1. The van der Waals surface area contributed by atoms with E-state index in [9.17, 15) is 18.0 Å². The standard InChI is InChI=1S/C27H36ClN3O5S/c1-4-25(27(33)29-22-10-6-5-7-11-22)31(18-20-9-8-12-23(17-20)36-3)26(32)19-30(2)37(34,35)24-15-13-21(28)14-16-24/h8-9,12-17,22,25H,4-7,10-11,18-19H2,1-3H3,(H,29,33)/t25-/m1/s1. The number of sulfonamides is 1. The number of hydrogen-bond acceptors (Lipinski definition) is 5. The van der Waals surface area contributed by atoms with Crippen LogP contribution in [0, 0.1) is 0 Å². The number of rotatable bonds is 11. The topological polar surface area (TPSA) is 96.0 Å². The van der Waals surface area contributed by atoms with Gasteiger partial charge in [-0.05, 0) is 61.2 Å². The van der Waals surface area contributed by atoms with E-state index in [2.05, 4.69) is 5.32 Å². The normalized spacial score (nSPS) is 15.3. The predicted molar refractivity (Wildman–Crippen MR) is 144 cm³/mol. The van der Waals surface area contributed by atoms with E-state index >= 15 is 0 Å². The number of carbonyl (C=O) groups is 2. The maximum Gasteiger partial charge on any atom is 0.243 e. The van der Waals surface area contributed by atoms with Gasteiger partial charge >= 0.3 is 0 Å². The highest BCUT2D eigenvalue weighted by Gasteiger charge is 2.33. The molecule has 1 aliphatic carbocycles. The Morgan fingerprint density at radius 1 is 1.11 bits per heavy atom. The minimum absolute atomic E-state index is 0.0358. The van der Waals surface area contributed by atoms with Gasteiger partial charge in [0.25, 0.3) is 0 Å². The molecule has 0 aromatic heterocycles. The average molecular weight is 550 g/mol. The molecule has 1 aliphatic rings. The molecule has 10 heteroatoms. The summed E-state index contributed by atoms with van der Waals surface area (Å²) in [6.07, 6.45) is 5.55. The second-order valence-electron chi connectivity index (χ2n) is 9.36. The minimum Gasteiger partial charge on any atom is -0.497 e. The molecule has 1 N–H and O–H groups in total. The largest absolute Gasteiger partial charge is 0.497 e. The molecule has 0 saturated heterocycles. The molecule has 1 fully saturated rings. The fraction of sp³-hybridized carbons (Fsp3) is 0.481. The number of benzene rings is 2. The Bertz CT molecular complexity index is 1170. The minimum atomic E-state index is -3.94. The summed E-state index contributed by atoms with van der Waals surface area (Å²) in [6, 6.07) is 12.4. The second kappa shape index (κ2) is 13.3. The Morgan fingerprint density at radius 3 is 2.41 bits per heavy atom. The molecule has 8 nitrogen and oxygen atoms in total. The van der Waals surface area contributed by atoms with Crippen molar-refractivity contribution in [2.75, 3.05) is 20.7 Å². The lowest BCUT2D eigenvalue weighted by Gasteiger charge is -2.33. The molecule has 1 atom stereocenters. The van der Waals surface area contributed by atoms with Gasteiger partial charge in [-0.3, -0.25) is 9.59 Å². The Hall–Kier alpha value is -2.62. The van der Waals surface area contributed by atoms with Gasteiger partial charge in [0.1, 0.15) is 11.8 Å². The zero-order valence-corrected chi connectivity index (χ0v) is 23.2. The average Bonchev–Trinajstić information content (AvgIpc) is 2.89. The predicted octanol–water partition coefficient (Wildman–Crippen LogP) is 4.23. The first kappa shape index (κ1) is 28.9. The maximum atomic E-state index is 13.6. The molecule has 2 amide bonds. The number of hydrogen-bond donors (Lipinski definition) is 1. The highest BCUT2D eigenvalue weighted by atomic mass is 35.5. The van der Waals surface area contributed by atoms with Gasteiger partial charge in [-0.15, -0.1) is 0 Å². The van der Waals surface area contributed by atoms with E-state index in [4.69, 9.17) is 16.3 Å². The number of amides is 2. The molecular weight excluding hydrogens is 514 g/mol. The summed E-state index contributed by atoms with van der Waals surface area (Å²) in [5.74, 6) is -0.0469. The van der Waals surface area contributed by atoms with Gasteiger partial charge < -0.3 is 15.0 Å². The van der Waals surface area contributed by atoms with Gasteiger partial charge in [-0.25, -0.2) is 8.42 Å². The van der Waals surface area contributed by atoms with Crippen LogP contribution in [0.1, 0.15) is 51.0 Å². The van der Waals surface area contributed by atoms with E-state index in [0.717, 1.165) is 35.6 Å². The maximum absolute atomic E-state index is 13.6. The SMILES string of the molecule is CC[C@H](C(=O)NC1CCCCC1)N(Cc1cccc(OC)c1)C(=O)CN(C)S(=O)(=O)c1ccc(Cl)cc1. The van der Waals surface area contributed by atoms with Gasteiger partial charge in [0.05, 0.1) is 18.6 Å². The molecule has 37 heavy (non-hydrogen) atoms. The van der Waals surface area contributed by atoms with E-state index in [1.807, 2.05) is 19.1 Å². The van der Waals surface area contributed by atoms with Gasteiger partial charge in [-0.1, -0.05) is 49.9 Å². The number of likely N-dealkylation sites (N-methyl/N-ethyl adjacent to an activating group) is 1. The van der Waals surface area contributed by atoms with Gasteiger partial charge in [0, 0.05) is 24.7 Å². The molecule has 2 aromatic rings. The van der Waals surface area contributed by atoms with Gasteiger partial charge in [0.15, 0.2) is 0 Å². The first-order chi connectivity index (χ1) is 17.6. The molecule has 1 saturated carbocycles. The third-order valence-corrected chi connectivity index (χ3v) is 8.77. The van der Waals surface area contributed by atoms with Crippen molar-refractivity contribution in [3.05, 3.63) is 59.1 Å². The van der Waals surface area contributed by atoms with Gasteiger partial charge in [0.2, 0.25) is 21.8 Å². The van der Waals surface area contributed by atoms with E-state index < -0.39 is 28.5 Å². The Kier molecular flexibility index (Phi) is 10.4. The summed E-state index contributed by atoms with van der Waals surface area (Å²) in [6.45, 7) is 1.58. The Balaban J connectivity index is 1.85. The van der Waals surface area contributed by atoms with Crippen molar-refractivity contribution in [2.24, 2.45) is 0 Å². The summed E-state index contributed by atoms with van der Waals surface area (Å²) in [5.41, 5.74) is 0.778. The third-order valence-electron chi connectivity index (χ3n) is 6.70. The quantitative estimate of drug-likeness (QED) is 0.452. The highest BCUT2D eigenvalue weighted by molar-refractivity contribution is 7.89. The number of nitrogens with zero attached hydrogens (tertiary/aromatic N) is 2. The van der Waals surface area contributed by atoms with Crippen LogP contribution < -0.4 is 10.1 Å². The van der Waals surface area contributed by atoms with Crippen LogP contribution in [0.2, 0.25) is 5.02 Å². The lowest BCUT2D eigenvalue weighted by molar-refractivity contribution is -0.141. The summed E-state index contributed by atoms with van der Waals surface area (Å²) < 4.78 is 32.5. The van der Waals surface area contributed by atoms with Crippen molar-refractivity contribution in [1.29, 1.82) is 0 Å². The Labute approximate surface area is 225 Å². The van der Waals surface area contributed by atoms with Crippen LogP contribution in [0.4, 0.5) is 0 Å². The van der Waals surface area contributed by atoms with Crippen molar-refractivity contribution in [1.82, 2.24) is 14.5 Å². The fourth-order valence-electron chi connectivity index (χ4n) is 4.58. The van der Waals surface area contributed by atoms with Crippen LogP contribution in [0.5, 0.6) is 5.75 Å². The summed E-state index contributed by atoms with van der Waals surface area (Å²) in [4.78, 5) is 28.5. The fourth-order valence-corrected chi connectivity index (χ4v) is 5.83. The van der Waals surface area contributed by atoms with Crippen molar-refractivity contribution in [3.63, 3.8) is 0 Å². The van der Waals surface area contributed by atoms with Gasteiger partial charge in [-0.2, -0.15) is 4.31 Å². The third kappa shape index (κ3) is 7.69. The molecule has 0 aliphatic heterocycles. The van der Waals surface area contributed by atoms with Crippen molar-refractivity contribution in [2.45, 2.75) is 69.0 Å². The first-order valence-corrected chi connectivity index (χ1v) is 14.4. The van der Waals surface area contributed by atoms with Crippen LogP contribution >= 0.6 is 11.6 Å². The molecule has 0 heterocycles. The Morgan fingerprint density at radius 2 is 1.78 bits per heavy atom. The van der Waals surface area contributed by atoms with Crippen LogP contribution in [0.3, 0.4) is 0 Å². The number of methoxy groups -OCH3 is 1. The summed E-state index contributed by atoms with van der Waals surface area (Å²) >= 11 is 5.90. The second-order valence-corrected chi connectivity index (χ2v) is 11.8. The van der Waals surface area contributed by atoms with E-state index in [1.165, 1.54) is 42.6 Å². The van der Waals surface area contributed by atoms with Crippen molar-refractivity contribution < 1.29 is 22.7 Å². The zero-order valence-electron chi connectivity index (χ0n) is 21.7. The van der Waals surface area contributed by atoms with Crippen molar-refractivity contribution >= 4 is 33.4 Å². The van der Waals surface area contributed by atoms with E-state index in [0.29, 0.717) is 17.2 Å². The van der Waals surface area contributed by atoms with E-state index in [1.54, 1.807) is 19.2 Å². The van der Waals surface area contributed by atoms with Crippen LogP contribution in [0.25, 0.3) is 0 Å². The number of ether oxygens (including phenoxy) is 1. The lowest BCUT2D eigenvalue weighted by atomic mass is 9.95. The molecule has 0 spiro atoms. The van der Waals surface area contributed by atoms with Crippen LogP contribution in [-0.4, -0.2) is 62.2 Å². The van der Waals surface area contributed by atoms with Crippen LogP contribution in [-0.2, 0) is 26.2 Å². The summed E-state index contributed by atoms with van der Waals surface area (Å²) in [5, 5.41) is 3.54. The van der Waals surface area contributed by atoms with E-state index in [-0.39, 0.29) is 23.4 Å². The molecule has 0 bridgehead atoms. The molecule has 0 unspecified atom stereocenters. The molecular formula is C27H36ClN3O5S. The number of carbonyl (C=O) groups excluding carboxylic acids is 2. The highest BCUT2D eigenvalue weighted by Crippen LogP contribution is 2.22. The smallest absolute Gasteiger partial charge is 0.243 e. The monoisotopic (exact) mass is 549 g/mol. The molecule has 3 rings (SSSR count). The zero-order chi connectivity index (χ0) is 27.0. The molecule has 0 radical (unpaired) electrons.